The van der Waals surface area contributed by atoms with Gasteiger partial charge in [-0.15, -0.1) is 0 Å². The van der Waals surface area contributed by atoms with Crippen LogP contribution < -0.4 is 10.1 Å². The molecule has 1 fully saturated rings. The number of carbonyl (C=O) groups excluding carboxylic acids is 1. The Morgan fingerprint density at radius 1 is 1.04 bits per heavy atom. The van der Waals surface area contributed by atoms with Crippen molar-refractivity contribution in [1.29, 1.82) is 0 Å². The first-order chi connectivity index (χ1) is 23.5. The summed E-state index contributed by atoms with van der Waals surface area (Å²) in [5.74, 6) is -4.06. The topological polar surface area (TPSA) is 99.9 Å². The third-order valence-corrected chi connectivity index (χ3v) is 10.6. The van der Waals surface area contributed by atoms with Gasteiger partial charge in [-0.2, -0.15) is 4.39 Å². The molecule has 2 aliphatic heterocycles. The lowest BCUT2D eigenvalue weighted by Crippen LogP contribution is -2.27. The SMILES string of the molecule is CN1CCc2c(nc(C(=O)Nc3cccc(-c4cccc5c4CCC5Oc4c(Cl)cc(CN5CCC(C(=O)O)C5)c(F)c4F)c3Cl)n2C)C1. The van der Waals surface area contributed by atoms with Crippen molar-refractivity contribution in [3.05, 3.63) is 98.0 Å². The largest absolute Gasteiger partial charge is 0.481 e. The summed E-state index contributed by atoms with van der Waals surface area (Å²) >= 11 is 13.4. The lowest BCUT2D eigenvalue weighted by molar-refractivity contribution is -0.141. The van der Waals surface area contributed by atoms with Gasteiger partial charge >= 0.3 is 5.97 Å². The van der Waals surface area contributed by atoms with E-state index in [0.717, 1.165) is 41.0 Å². The third-order valence-electron chi connectivity index (χ3n) is 9.87. The number of anilines is 1. The molecule has 2 N–H and O–H groups in total. The first-order valence-corrected chi connectivity index (χ1v) is 17.0. The Balaban J connectivity index is 1.11. The number of carbonyl (C=O) groups is 2. The maximum Gasteiger partial charge on any atom is 0.307 e. The summed E-state index contributed by atoms with van der Waals surface area (Å²) in [5.41, 5.74) is 5.77. The highest BCUT2D eigenvalue weighted by Crippen LogP contribution is 2.45. The first kappa shape index (κ1) is 33.5. The highest BCUT2D eigenvalue weighted by Gasteiger charge is 2.32. The molecule has 1 aromatic heterocycles. The number of halogens is 4. The van der Waals surface area contributed by atoms with E-state index in [1.54, 1.807) is 11.0 Å². The Labute approximate surface area is 292 Å². The molecule has 0 bridgehead atoms. The van der Waals surface area contributed by atoms with Gasteiger partial charge in [-0.05, 0) is 61.7 Å². The van der Waals surface area contributed by atoms with E-state index in [0.29, 0.717) is 54.4 Å². The number of amides is 1. The van der Waals surface area contributed by atoms with Crippen molar-refractivity contribution in [2.24, 2.45) is 13.0 Å². The molecule has 0 spiro atoms. The zero-order chi connectivity index (χ0) is 34.6. The van der Waals surface area contributed by atoms with Gasteiger partial charge in [0.2, 0.25) is 5.82 Å². The van der Waals surface area contributed by atoms with E-state index in [1.807, 2.05) is 49.0 Å². The van der Waals surface area contributed by atoms with E-state index < -0.39 is 29.6 Å². The van der Waals surface area contributed by atoms with E-state index in [1.165, 1.54) is 6.07 Å². The van der Waals surface area contributed by atoms with Crippen LogP contribution in [-0.2, 0) is 37.8 Å². The molecule has 1 saturated heterocycles. The van der Waals surface area contributed by atoms with Crippen molar-refractivity contribution in [3.63, 3.8) is 0 Å². The van der Waals surface area contributed by atoms with Gasteiger partial charge in [0.25, 0.3) is 5.91 Å². The van der Waals surface area contributed by atoms with E-state index in [4.69, 9.17) is 27.9 Å². The third kappa shape index (κ3) is 6.29. The standard InChI is InChI=1S/C36H35Cl2F2N5O4/c1-43-13-12-28-27(18-43)41-34(44(28)2)35(46)42-26-8-4-7-24(30(26)38)21-5-3-6-23-22(21)9-10-29(23)49-33-25(37)15-20(31(39)32(33)40)17-45-14-11-19(16-45)36(47)48/h3-8,15,19,29H,9-14,16-18H2,1-2H3,(H,42,46)(H,47,48). The minimum atomic E-state index is -1.17. The van der Waals surface area contributed by atoms with Crippen LogP contribution in [0.15, 0.2) is 42.5 Å². The number of nitrogens with zero attached hydrogens (tertiary/aromatic N) is 4. The average Bonchev–Trinajstić information content (AvgIpc) is 3.80. The minimum Gasteiger partial charge on any atom is -0.481 e. The molecule has 4 aromatic rings. The van der Waals surface area contributed by atoms with Crippen LogP contribution in [-0.4, -0.2) is 63.0 Å². The fraction of sp³-hybridized carbons (Fsp3) is 0.361. The Morgan fingerprint density at radius 2 is 1.82 bits per heavy atom. The monoisotopic (exact) mass is 709 g/mol. The Bertz CT molecular complexity index is 1990. The number of likely N-dealkylation sites (N-methyl/N-ethyl adjacent to an activating group) is 1. The summed E-state index contributed by atoms with van der Waals surface area (Å²) in [4.78, 5) is 33.3. The van der Waals surface area contributed by atoms with Crippen molar-refractivity contribution >= 4 is 40.8 Å². The number of rotatable bonds is 8. The molecular formula is C36H35Cl2F2N5O4. The molecule has 7 rings (SSSR count). The van der Waals surface area contributed by atoms with Crippen molar-refractivity contribution in [2.75, 3.05) is 32.0 Å². The number of ether oxygens (including phenoxy) is 1. The smallest absolute Gasteiger partial charge is 0.307 e. The van der Waals surface area contributed by atoms with Crippen LogP contribution in [0.4, 0.5) is 14.5 Å². The van der Waals surface area contributed by atoms with Gasteiger partial charge < -0.3 is 24.6 Å². The van der Waals surface area contributed by atoms with Crippen LogP contribution in [0.2, 0.25) is 10.0 Å². The molecule has 256 valence electrons. The van der Waals surface area contributed by atoms with E-state index >= 15 is 8.78 Å². The summed E-state index contributed by atoms with van der Waals surface area (Å²) in [5, 5.41) is 12.5. The summed E-state index contributed by atoms with van der Waals surface area (Å²) in [6.07, 6.45) is 1.78. The minimum absolute atomic E-state index is 0.0454. The zero-order valence-electron chi connectivity index (χ0n) is 27.0. The van der Waals surface area contributed by atoms with Crippen LogP contribution in [0.3, 0.4) is 0 Å². The van der Waals surface area contributed by atoms with Gasteiger partial charge in [0.15, 0.2) is 17.4 Å². The van der Waals surface area contributed by atoms with Gasteiger partial charge in [0.05, 0.1) is 27.3 Å². The molecular weight excluding hydrogens is 675 g/mol. The van der Waals surface area contributed by atoms with Gasteiger partial charge in [-0.25, -0.2) is 9.37 Å². The highest BCUT2D eigenvalue weighted by atomic mass is 35.5. The molecule has 0 radical (unpaired) electrons. The average molecular weight is 711 g/mol. The number of hydrogen-bond donors (Lipinski definition) is 2. The number of hydrogen-bond acceptors (Lipinski definition) is 6. The van der Waals surface area contributed by atoms with Crippen molar-refractivity contribution < 1.29 is 28.2 Å². The molecule has 2 unspecified atom stereocenters. The number of aliphatic carboxylic acids is 1. The number of likely N-dealkylation sites (tertiary alicyclic amines) is 1. The molecule has 3 heterocycles. The van der Waals surface area contributed by atoms with Crippen LogP contribution in [0.25, 0.3) is 11.1 Å². The summed E-state index contributed by atoms with van der Waals surface area (Å²) in [6.45, 7) is 2.36. The second kappa shape index (κ2) is 13.4. The van der Waals surface area contributed by atoms with E-state index in [-0.39, 0.29) is 35.3 Å². The van der Waals surface area contributed by atoms with Gasteiger partial charge in [-0.3, -0.25) is 14.5 Å². The zero-order valence-corrected chi connectivity index (χ0v) is 28.5. The van der Waals surface area contributed by atoms with Crippen molar-refractivity contribution in [2.45, 2.75) is 44.9 Å². The number of imidazole rings is 1. The summed E-state index contributed by atoms with van der Waals surface area (Å²) in [7, 11) is 3.88. The number of fused-ring (bicyclic) bond motifs is 2. The fourth-order valence-electron chi connectivity index (χ4n) is 7.28. The molecule has 3 aliphatic rings. The maximum absolute atomic E-state index is 15.5. The van der Waals surface area contributed by atoms with Gasteiger partial charge in [0, 0.05) is 56.5 Å². The Hall–Kier alpha value is -4.03. The summed E-state index contributed by atoms with van der Waals surface area (Å²) in [6, 6.07) is 12.5. The number of nitrogens with one attached hydrogen (secondary N) is 1. The van der Waals surface area contributed by atoms with E-state index in [9.17, 15) is 14.7 Å². The summed E-state index contributed by atoms with van der Waals surface area (Å²) < 4.78 is 38.6. The van der Waals surface area contributed by atoms with Crippen molar-refractivity contribution in [1.82, 2.24) is 19.4 Å². The lowest BCUT2D eigenvalue weighted by atomic mass is 9.96. The normalized spacial score (nSPS) is 19.1. The quantitative estimate of drug-likeness (QED) is 0.192. The number of benzene rings is 3. The lowest BCUT2D eigenvalue weighted by Gasteiger charge is -2.21. The molecule has 2 atom stereocenters. The highest BCUT2D eigenvalue weighted by molar-refractivity contribution is 6.36. The number of carboxylic acids is 1. The Kier molecular flexibility index (Phi) is 9.12. The first-order valence-electron chi connectivity index (χ1n) is 16.2. The van der Waals surface area contributed by atoms with Crippen LogP contribution >= 0.6 is 23.2 Å². The number of carboxylic acid groups (broad SMARTS) is 1. The predicted molar refractivity (Wildman–Crippen MR) is 182 cm³/mol. The van der Waals surface area contributed by atoms with Crippen LogP contribution in [0, 0.1) is 17.6 Å². The van der Waals surface area contributed by atoms with Gasteiger partial charge in [0.1, 0.15) is 6.10 Å². The Morgan fingerprint density at radius 3 is 2.59 bits per heavy atom. The van der Waals surface area contributed by atoms with Crippen molar-refractivity contribution in [3.8, 4) is 16.9 Å². The second-order valence-electron chi connectivity index (χ2n) is 13.0. The van der Waals surface area contributed by atoms with E-state index in [2.05, 4.69) is 15.2 Å². The molecule has 9 nitrogen and oxygen atoms in total. The molecule has 13 heteroatoms. The van der Waals surface area contributed by atoms with Crippen LogP contribution in [0.1, 0.15) is 57.6 Å². The molecule has 1 aliphatic carbocycles. The molecule has 1 amide bonds. The molecule has 3 aromatic carbocycles. The van der Waals surface area contributed by atoms with Gasteiger partial charge in [-0.1, -0.05) is 53.5 Å². The predicted octanol–water partition coefficient (Wildman–Crippen LogP) is 6.89. The molecule has 0 saturated carbocycles. The maximum atomic E-state index is 15.5. The fourth-order valence-corrected chi connectivity index (χ4v) is 7.81. The van der Waals surface area contributed by atoms with Crippen LogP contribution in [0.5, 0.6) is 5.75 Å². The number of aromatic nitrogens is 2. The second-order valence-corrected chi connectivity index (χ2v) is 13.8. The molecule has 49 heavy (non-hydrogen) atoms.